The number of nitrogens with two attached hydrogens (primary N) is 1. The van der Waals surface area contributed by atoms with E-state index in [0.717, 1.165) is 0 Å². The first-order valence-corrected chi connectivity index (χ1v) is 7.80. The highest BCUT2D eigenvalue weighted by molar-refractivity contribution is 7.43. The molecule has 8 heteroatoms. The van der Waals surface area contributed by atoms with Crippen LogP contribution < -0.4 is 5.73 Å². The Morgan fingerprint density at radius 1 is 1.40 bits per heavy atom. The number of aliphatic hydroxyl groups is 2. The first kappa shape index (κ1) is 19.4. The number of hydrogen-bond acceptors (Lipinski definition) is 6. The maximum absolute atomic E-state index is 12.6. The molecule has 7 nitrogen and oxygen atoms in total. The van der Waals surface area contributed by atoms with Crippen LogP contribution in [0, 0.1) is 11.3 Å². The van der Waals surface area contributed by atoms with Crippen molar-refractivity contribution in [2.45, 2.75) is 57.8 Å². The third-order valence-electron chi connectivity index (χ3n) is 2.73. The topological polar surface area (TPSA) is 120 Å². The first-order chi connectivity index (χ1) is 9.22. The van der Waals surface area contributed by atoms with Crippen LogP contribution in [-0.4, -0.2) is 51.8 Å². The van der Waals surface area contributed by atoms with E-state index in [-0.39, 0.29) is 31.7 Å². The van der Waals surface area contributed by atoms with E-state index in [0.29, 0.717) is 0 Å². The molecule has 0 heterocycles. The normalized spacial score (nSPS) is 17.1. The van der Waals surface area contributed by atoms with Crippen molar-refractivity contribution in [1.82, 2.24) is 4.67 Å². The van der Waals surface area contributed by atoms with Crippen LogP contribution in [0.4, 0.5) is 0 Å². The summed E-state index contributed by atoms with van der Waals surface area (Å²) in [6.07, 6.45) is -1.48. The van der Waals surface area contributed by atoms with E-state index < -0.39 is 19.6 Å². The number of aliphatic hydroxyl groups excluding tert-OH is 1. The molecular formula is C12H25N3O4P+. The molecule has 0 aliphatic rings. The third kappa shape index (κ3) is 4.74. The predicted molar refractivity (Wildman–Crippen MR) is 75.9 cm³/mol. The maximum Gasteiger partial charge on any atom is 0.505 e. The van der Waals surface area contributed by atoms with E-state index in [1.807, 2.05) is 33.8 Å². The third-order valence-corrected chi connectivity index (χ3v) is 5.05. The number of rotatable bonds is 9. The standard InChI is InChI=1S/C12H25N3O4P/c1-9(2)15(10(3)4)20(18)12(17,11(16)8-14)19-7-5-6-13/h9-11,16-17H,5,7-8,14H2,1-4H3/q+1. The van der Waals surface area contributed by atoms with Gasteiger partial charge in [0, 0.05) is 18.6 Å². The largest absolute Gasteiger partial charge is 0.505 e. The van der Waals surface area contributed by atoms with Gasteiger partial charge in [-0.15, -0.1) is 0 Å². The molecule has 0 radical (unpaired) electrons. The Morgan fingerprint density at radius 3 is 2.25 bits per heavy atom. The Kier molecular flexibility index (Phi) is 8.36. The fraction of sp³-hybridized carbons (Fsp3) is 0.917. The van der Waals surface area contributed by atoms with Gasteiger partial charge in [0.25, 0.3) is 0 Å². The van der Waals surface area contributed by atoms with Crippen LogP contribution in [0.1, 0.15) is 34.1 Å². The van der Waals surface area contributed by atoms with Crippen LogP contribution in [0.3, 0.4) is 0 Å². The fourth-order valence-electron chi connectivity index (χ4n) is 1.86. The van der Waals surface area contributed by atoms with E-state index in [1.165, 1.54) is 0 Å². The molecule has 0 aromatic heterocycles. The number of nitriles is 1. The van der Waals surface area contributed by atoms with Gasteiger partial charge < -0.3 is 20.7 Å². The zero-order chi connectivity index (χ0) is 15.9. The molecule has 116 valence electrons. The summed E-state index contributed by atoms with van der Waals surface area (Å²) in [6.45, 7) is 6.90. The second-order valence-corrected chi connectivity index (χ2v) is 6.66. The molecule has 0 aromatic rings. The number of ether oxygens (including phenoxy) is 1. The highest BCUT2D eigenvalue weighted by atomic mass is 31.1. The fourth-order valence-corrected chi connectivity index (χ4v) is 3.59. The predicted octanol–water partition coefficient (Wildman–Crippen LogP) is 0.744. The minimum atomic E-state index is -2.45. The molecule has 0 saturated heterocycles. The minimum absolute atomic E-state index is 0.0200. The van der Waals surface area contributed by atoms with Crippen molar-refractivity contribution in [2.24, 2.45) is 5.73 Å². The quantitative estimate of drug-likeness (QED) is 0.326. The van der Waals surface area contributed by atoms with Gasteiger partial charge in [-0.3, -0.25) is 0 Å². The summed E-state index contributed by atoms with van der Waals surface area (Å²) < 4.78 is 19.3. The SMILES string of the molecule is CC(C)N(C(C)C)[P+](=O)C(O)(OCCC#N)C(O)CN. The van der Waals surface area contributed by atoms with Crippen LogP contribution in [-0.2, 0) is 9.30 Å². The van der Waals surface area contributed by atoms with Crippen molar-refractivity contribution >= 4 is 7.95 Å². The molecule has 0 aromatic carbocycles. The molecule has 0 saturated carbocycles. The van der Waals surface area contributed by atoms with Gasteiger partial charge in [-0.25, -0.2) is 0 Å². The van der Waals surface area contributed by atoms with Gasteiger partial charge in [0.15, 0.2) is 6.10 Å². The molecule has 20 heavy (non-hydrogen) atoms. The Bertz CT molecular complexity index is 351. The Labute approximate surface area is 121 Å². The van der Waals surface area contributed by atoms with Gasteiger partial charge in [0.1, 0.15) is 0 Å². The lowest BCUT2D eigenvalue weighted by Crippen LogP contribution is -2.50. The number of nitrogens with zero attached hydrogens (tertiary/aromatic N) is 2. The van der Waals surface area contributed by atoms with Crippen molar-refractivity contribution in [3.63, 3.8) is 0 Å². The van der Waals surface area contributed by atoms with Gasteiger partial charge in [-0.05, 0) is 32.3 Å². The monoisotopic (exact) mass is 306 g/mol. The Balaban J connectivity index is 5.29. The lowest BCUT2D eigenvalue weighted by molar-refractivity contribution is -0.195. The first-order valence-electron chi connectivity index (χ1n) is 6.59. The van der Waals surface area contributed by atoms with Gasteiger partial charge in [-0.2, -0.15) is 5.26 Å². The lowest BCUT2D eigenvalue weighted by Gasteiger charge is -2.28. The van der Waals surface area contributed by atoms with Crippen molar-refractivity contribution in [3.8, 4) is 6.07 Å². The molecule has 0 fully saturated rings. The van der Waals surface area contributed by atoms with Gasteiger partial charge in [0.05, 0.1) is 19.1 Å². The second kappa shape index (κ2) is 8.63. The molecular weight excluding hydrogens is 281 g/mol. The minimum Gasteiger partial charge on any atom is -0.381 e. The number of hydrogen-bond donors (Lipinski definition) is 3. The summed E-state index contributed by atoms with van der Waals surface area (Å²) in [5.41, 5.74) is 3.07. The highest BCUT2D eigenvalue weighted by Gasteiger charge is 2.60. The maximum atomic E-state index is 12.6. The van der Waals surface area contributed by atoms with E-state index in [2.05, 4.69) is 0 Å². The summed E-state index contributed by atoms with van der Waals surface area (Å²) in [7, 11) is -2.45. The molecule has 0 spiro atoms. The molecule has 0 aliphatic heterocycles. The van der Waals surface area contributed by atoms with Crippen molar-refractivity contribution in [1.29, 1.82) is 5.26 Å². The zero-order valence-corrected chi connectivity index (χ0v) is 13.4. The van der Waals surface area contributed by atoms with Crippen LogP contribution >= 0.6 is 7.95 Å². The molecule has 0 rings (SSSR count). The highest BCUT2D eigenvalue weighted by Crippen LogP contribution is 2.46. The average molecular weight is 306 g/mol. The van der Waals surface area contributed by atoms with E-state index in [9.17, 15) is 14.8 Å². The Hall–Kier alpha value is -0.610. The lowest BCUT2D eigenvalue weighted by atomic mass is 10.3. The van der Waals surface area contributed by atoms with E-state index in [1.54, 1.807) is 4.67 Å². The summed E-state index contributed by atoms with van der Waals surface area (Å²) >= 11 is 0. The molecule has 4 N–H and O–H groups in total. The van der Waals surface area contributed by atoms with Crippen molar-refractivity contribution < 1.29 is 19.5 Å². The molecule has 0 aliphatic carbocycles. The van der Waals surface area contributed by atoms with Crippen LogP contribution in [0.2, 0.25) is 0 Å². The van der Waals surface area contributed by atoms with Crippen LogP contribution in [0.25, 0.3) is 0 Å². The summed E-state index contributed by atoms with van der Waals surface area (Å²) in [4.78, 5) is 0. The van der Waals surface area contributed by atoms with E-state index in [4.69, 9.17) is 15.7 Å². The van der Waals surface area contributed by atoms with E-state index >= 15 is 0 Å². The zero-order valence-electron chi connectivity index (χ0n) is 12.5. The molecule has 3 unspecified atom stereocenters. The van der Waals surface area contributed by atoms with Crippen LogP contribution in [0.5, 0.6) is 0 Å². The molecule has 0 amide bonds. The van der Waals surface area contributed by atoms with Crippen LogP contribution in [0.15, 0.2) is 0 Å². The summed E-state index contributed by atoms with van der Waals surface area (Å²) in [5.74, 6) is 0. The van der Waals surface area contributed by atoms with Crippen molar-refractivity contribution in [3.05, 3.63) is 0 Å². The second-order valence-electron chi connectivity index (χ2n) is 5.01. The molecule has 0 bridgehead atoms. The smallest absolute Gasteiger partial charge is 0.381 e. The summed E-state index contributed by atoms with van der Waals surface area (Å²) in [5, 5.41) is 28.8. The van der Waals surface area contributed by atoms with Crippen molar-refractivity contribution in [2.75, 3.05) is 13.2 Å². The van der Waals surface area contributed by atoms with Gasteiger partial charge in [-0.1, -0.05) is 4.67 Å². The average Bonchev–Trinajstić information content (AvgIpc) is 2.36. The van der Waals surface area contributed by atoms with Gasteiger partial charge in [0.2, 0.25) is 0 Å². The summed E-state index contributed by atoms with van der Waals surface area (Å²) in [6, 6.07) is 1.62. The van der Waals surface area contributed by atoms with Gasteiger partial charge >= 0.3 is 13.5 Å². The Morgan fingerprint density at radius 2 is 1.90 bits per heavy atom. The molecule has 3 atom stereocenters.